The topological polar surface area (TPSA) is 59.2 Å². The second-order valence-electron chi connectivity index (χ2n) is 5.52. The van der Waals surface area contributed by atoms with E-state index in [4.69, 9.17) is 4.42 Å². The average Bonchev–Trinajstić information content (AvgIpc) is 3.21. The van der Waals surface area contributed by atoms with Gasteiger partial charge in [0.15, 0.2) is 0 Å². The number of nitrogens with zero attached hydrogens (tertiary/aromatic N) is 3. The number of carbonyl (C=O) groups excluding carboxylic acids is 1. The number of benzene rings is 1. The minimum Gasteiger partial charge on any atom is -0.416 e. The number of amides is 1. The molecule has 0 N–H and O–H groups in total. The third-order valence-electron chi connectivity index (χ3n) is 3.79. The van der Waals surface area contributed by atoms with Gasteiger partial charge in [-0.3, -0.25) is 4.79 Å². The maximum Gasteiger partial charge on any atom is 0.277 e. The third kappa shape index (κ3) is 3.90. The standard InChI is InChI=1S/C16H18FN3O2S/c1-11(15(21)20-8-4-5-9-20)23-16-19-18-14(22-16)10-12-6-2-3-7-13(12)17/h2-3,6-7,11H,4-5,8-10H2,1H3/t11-/m1/s1. The predicted octanol–water partition coefficient (Wildman–Crippen LogP) is 2.90. The monoisotopic (exact) mass is 335 g/mol. The maximum absolute atomic E-state index is 13.6. The van der Waals surface area contributed by atoms with Crippen LogP contribution in [0.1, 0.15) is 31.2 Å². The summed E-state index contributed by atoms with van der Waals surface area (Å²) in [5.74, 6) is 0.150. The normalized spacial score (nSPS) is 15.8. The molecule has 122 valence electrons. The van der Waals surface area contributed by atoms with Crippen LogP contribution in [0.2, 0.25) is 0 Å². The second-order valence-corrected chi connectivity index (χ2v) is 6.81. The first-order valence-electron chi connectivity index (χ1n) is 7.64. The van der Waals surface area contributed by atoms with Gasteiger partial charge in [0.1, 0.15) is 5.82 Å². The fraction of sp³-hybridized carbons (Fsp3) is 0.438. The summed E-state index contributed by atoms with van der Waals surface area (Å²) in [6, 6.07) is 6.49. The molecule has 1 aromatic heterocycles. The molecule has 1 aliphatic heterocycles. The second kappa shape index (κ2) is 7.12. The molecular formula is C16H18FN3O2S. The fourth-order valence-electron chi connectivity index (χ4n) is 2.56. The lowest BCUT2D eigenvalue weighted by Crippen LogP contribution is -2.34. The molecule has 3 rings (SSSR count). The van der Waals surface area contributed by atoms with E-state index in [1.807, 2.05) is 11.8 Å². The lowest BCUT2D eigenvalue weighted by atomic mass is 10.1. The third-order valence-corrected chi connectivity index (χ3v) is 4.71. The van der Waals surface area contributed by atoms with E-state index in [1.165, 1.54) is 17.8 Å². The molecule has 2 aromatic rings. The number of rotatable bonds is 5. The van der Waals surface area contributed by atoms with Crippen LogP contribution in [0.3, 0.4) is 0 Å². The van der Waals surface area contributed by atoms with E-state index in [1.54, 1.807) is 18.2 Å². The molecule has 5 nitrogen and oxygen atoms in total. The number of carbonyl (C=O) groups is 1. The summed E-state index contributed by atoms with van der Waals surface area (Å²) in [7, 11) is 0. The van der Waals surface area contributed by atoms with E-state index in [-0.39, 0.29) is 23.4 Å². The Labute approximate surface area is 138 Å². The number of aromatic nitrogens is 2. The number of hydrogen-bond acceptors (Lipinski definition) is 5. The van der Waals surface area contributed by atoms with Crippen LogP contribution in [-0.4, -0.2) is 39.3 Å². The van der Waals surface area contributed by atoms with Crippen LogP contribution in [0.15, 0.2) is 33.9 Å². The van der Waals surface area contributed by atoms with E-state index < -0.39 is 0 Å². The summed E-state index contributed by atoms with van der Waals surface area (Å²) in [5.41, 5.74) is 0.508. The van der Waals surface area contributed by atoms with Crippen molar-refractivity contribution in [2.45, 2.75) is 36.7 Å². The van der Waals surface area contributed by atoms with Gasteiger partial charge in [-0.25, -0.2) is 4.39 Å². The molecule has 0 bridgehead atoms. The Morgan fingerprint density at radius 2 is 2.09 bits per heavy atom. The number of thioether (sulfide) groups is 1. The molecule has 0 radical (unpaired) electrons. The zero-order chi connectivity index (χ0) is 16.2. The molecule has 1 amide bonds. The van der Waals surface area contributed by atoms with Crippen molar-refractivity contribution in [3.05, 3.63) is 41.5 Å². The van der Waals surface area contributed by atoms with Gasteiger partial charge in [0.25, 0.3) is 5.22 Å². The van der Waals surface area contributed by atoms with Crippen LogP contribution in [0.25, 0.3) is 0 Å². The van der Waals surface area contributed by atoms with E-state index >= 15 is 0 Å². The first-order valence-corrected chi connectivity index (χ1v) is 8.52. The highest BCUT2D eigenvalue weighted by atomic mass is 32.2. The number of halogens is 1. The Morgan fingerprint density at radius 3 is 2.83 bits per heavy atom. The zero-order valence-electron chi connectivity index (χ0n) is 12.9. The SMILES string of the molecule is C[C@@H](Sc1nnc(Cc2ccccc2F)o1)C(=O)N1CCCC1. The number of hydrogen-bond donors (Lipinski definition) is 0. The van der Waals surface area contributed by atoms with Crippen molar-refractivity contribution in [2.24, 2.45) is 0 Å². The Kier molecular flexibility index (Phi) is 4.95. The summed E-state index contributed by atoms with van der Waals surface area (Å²) in [6.07, 6.45) is 2.38. The molecule has 0 spiro atoms. The summed E-state index contributed by atoms with van der Waals surface area (Å²) in [6.45, 7) is 3.49. The van der Waals surface area contributed by atoms with Crippen molar-refractivity contribution >= 4 is 17.7 Å². The molecule has 1 fully saturated rings. The Bertz CT molecular complexity index is 685. The average molecular weight is 335 g/mol. The highest BCUT2D eigenvalue weighted by Gasteiger charge is 2.25. The van der Waals surface area contributed by atoms with Crippen molar-refractivity contribution in [1.82, 2.24) is 15.1 Å². The van der Waals surface area contributed by atoms with Crippen molar-refractivity contribution < 1.29 is 13.6 Å². The molecule has 1 saturated heterocycles. The molecule has 1 aromatic carbocycles. The summed E-state index contributed by atoms with van der Waals surface area (Å²) in [4.78, 5) is 14.1. The van der Waals surface area contributed by atoms with Gasteiger partial charge in [-0.05, 0) is 31.4 Å². The van der Waals surface area contributed by atoms with Crippen LogP contribution in [-0.2, 0) is 11.2 Å². The van der Waals surface area contributed by atoms with Crippen LogP contribution < -0.4 is 0 Å². The van der Waals surface area contributed by atoms with Gasteiger partial charge in [-0.1, -0.05) is 30.0 Å². The van der Waals surface area contributed by atoms with Crippen molar-refractivity contribution in [1.29, 1.82) is 0 Å². The van der Waals surface area contributed by atoms with Gasteiger partial charge in [0.05, 0.1) is 11.7 Å². The van der Waals surface area contributed by atoms with E-state index in [0.29, 0.717) is 16.7 Å². The number of likely N-dealkylation sites (tertiary alicyclic amines) is 1. The molecule has 2 heterocycles. The van der Waals surface area contributed by atoms with Gasteiger partial charge >= 0.3 is 0 Å². The van der Waals surface area contributed by atoms with Crippen molar-refractivity contribution in [2.75, 3.05) is 13.1 Å². The van der Waals surface area contributed by atoms with Crippen LogP contribution in [0.4, 0.5) is 4.39 Å². The maximum atomic E-state index is 13.6. The molecule has 0 saturated carbocycles. The Balaban J connectivity index is 1.60. The van der Waals surface area contributed by atoms with E-state index in [0.717, 1.165) is 25.9 Å². The zero-order valence-corrected chi connectivity index (χ0v) is 13.7. The summed E-state index contributed by atoms with van der Waals surface area (Å²) < 4.78 is 19.2. The highest BCUT2D eigenvalue weighted by molar-refractivity contribution is 8.00. The molecule has 0 aliphatic carbocycles. The predicted molar refractivity (Wildman–Crippen MR) is 84.6 cm³/mol. The minimum absolute atomic E-state index is 0.0985. The molecular weight excluding hydrogens is 317 g/mol. The van der Waals surface area contributed by atoms with Gasteiger partial charge in [0.2, 0.25) is 11.8 Å². The lowest BCUT2D eigenvalue weighted by molar-refractivity contribution is -0.129. The van der Waals surface area contributed by atoms with Crippen LogP contribution in [0, 0.1) is 5.82 Å². The van der Waals surface area contributed by atoms with Gasteiger partial charge in [-0.2, -0.15) is 0 Å². The van der Waals surface area contributed by atoms with E-state index in [9.17, 15) is 9.18 Å². The van der Waals surface area contributed by atoms with Crippen LogP contribution in [0.5, 0.6) is 0 Å². The molecule has 0 unspecified atom stereocenters. The lowest BCUT2D eigenvalue weighted by Gasteiger charge is -2.18. The van der Waals surface area contributed by atoms with E-state index in [2.05, 4.69) is 10.2 Å². The molecule has 1 atom stereocenters. The largest absolute Gasteiger partial charge is 0.416 e. The van der Waals surface area contributed by atoms with Crippen LogP contribution >= 0.6 is 11.8 Å². The first-order chi connectivity index (χ1) is 11.1. The van der Waals surface area contributed by atoms with Gasteiger partial charge < -0.3 is 9.32 Å². The highest BCUT2D eigenvalue weighted by Crippen LogP contribution is 2.25. The molecule has 23 heavy (non-hydrogen) atoms. The minimum atomic E-state index is -0.294. The van der Waals surface area contributed by atoms with Crippen molar-refractivity contribution in [3.63, 3.8) is 0 Å². The summed E-state index contributed by atoms with van der Waals surface area (Å²) in [5, 5.41) is 7.95. The van der Waals surface area contributed by atoms with Gasteiger partial charge in [-0.15, -0.1) is 10.2 Å². The fourth-order valence-corrected chi connectivity index (χ4v) is 3.34. The molecule has 1 aliphatic rings. The quantitative estimate of drug-likeness (QED) is 0.786. The Morgan fingerprint density at radius 1 is 1.35 bits per heavy atom. The summed E-state index contributed by atoms with van der Waals surface area (Å²) >= 11 is 1.25. The first kappa shape index (κ1) is 16.0. The molecule has 7 heteroatoms. The Hall–Kier alpha value is -1.89. The smallest absolute Gasteiger partial charge is 0.277 e. The van der Waals surface area contributed by atoms with Crippen molar-refractivity contribution in [3.8, 4) is 0 Å². The van der Waals surface area contributed by atoms with Gasteiger partial charge in [0, 0.05) is 13.1 Å².